The quantitative estimate of drug-likeness (QED) is 0.816. The second-order valence-corrected chi connectivity index (χ2v) is 3.64. The fourth-order valence-corrected chi connectivity index (χ4v) is 1.61. The maximum atomic E-state index is 4.27. The van der Waals surface area contributed by atoms with Crippen molar-refractivity contribution in [3.63, 3.8) is 0 Å². The number of aromatic nitrogens is 3. The highest BCUT2D eigenvalue weighted by Gasteiger charge is 2.06. The van der Waals surface area contributed by atoms with Gasteiger partial charge in [-0.3, -0.25) is 4.98 Å². The molecular formula is C9H10N4S. The average Bonchev–Trinajstić information content (AvgIpc) is 2.66. The fourth-order valence-electron chi connectivity index (χ4n) is 1.09. The van der Waals surface area contributed by atoms with Gasteiger partial charge in [0, 0.05) is 24.8 Å². The van der Waals surface area contributed by atoms with E-state index in [1.807, 2.05) is 26.1 Å². The molecule has 0 atom stereocenters. The Kier molecular flexibility index (Phi) is 2.41. The lowest BCUT2D eigenvalue weighted by atomic mass is 10.2. The molecule has 0 amide bonds. The summed E-state index contributed by atoms with van der Waals surface area (Å²) in [5, 5.41) is 3.76. The van der Waals surface area contributed by atoms with E-state index >= 15 is 0 Å². The summed E-state index contributed by atoms with van der Waals surface area (Å²) in [6.45, 7) is 2.02. The van der Waals surface area contributed by atoms with Gasteiger partial charge in [0.05, 0.1) is 0 Å². The van der Waals surface area contributed by atoms with Crippen LogP contribution >= 0.6 is 11.5 Å². The minimum Gasteiger partial charge on any atom is -0.363 e. The highest BCUT2D eigenvalue weighted by molar-refractivity contribution is 7.09. The van der Waals surface area contributed by atoms with Crippen LogP contribution in [-0.4, -0.2) is 21.4 Å². The van der Waals surface area contributed by atoms with Crippen molar-refractivity contribution in [3.8, 4) is 11.5 Å². The Labute approximate surface area is 86.2 Å². The smallest absolute Gasteiger partial charge is 0.202 e. The van der Waals surface area contributed by atoms with Crippen LogP contribution in [0.5, 0.6) is 0 Å². The molecule has 0 aliphatic carbocycles. The number of hydrogen-bond donors (Lipinski definition) is 1. The minimum absolute atomic E-state index is 0.683. The van der Waals surface area contributed by atoms with Crippen LogP contribution in [0.25, 0.3) is 11.5 Å². The first kappa shape index (κ1) is 9.08. The lowest BCUT2D eigenvalue weighted by molar-refractivity contribution is 1.21. The van der Waals surface area contributed by atoms with Gasteiger partial charge in [-0.25, -0.2) is 0 Å². The largest absolute Gasteiger partial charge is 0.363 e. The lowest BCUT2D eigenvalue weighted by Gasteiger charge is -1.95. The van der Waals surface area contributed by atoms with Crippen LogP contribution in [0.1, 0.15) is 5.56 Å². The van der Waals surface area contributed by atoms with E-state index in [1.54, 1.807) is 6.20 Å². The highest BCUT2D eigenvalue weighted by atomic mass is 32.1. The molecule has 0 aliphatic heterocycles. The molecule has 0 spiro atoms. The van der Waals surface area contributed by atoms with E-state index < -0.39 is 0 Å². The third-order valence-electron chi connectivity index (χ3n) is 1.78. The summed E-state index contributed by atoms with van der Waals surface area (Å²) in [6, 6.07) is 3.93. The van der Waals surface area contributed by atoms with Gasteiger partial charge in [0.15, 0.2) is 5.82 Å². The Bertz CT molecular complexity index is 438. The van der Waals surface area contributed by atoms with Gasteiger partial charge in [0.25, 0.3) is 0 Å². The molecule has 2 aromatic rings. The first-order valence-corrected chi connectivity index (χ1v) is 5.01. The van der Waals surface area contributed by atoms with Crippen molar-refractivity contribution in [2.24, 2.45) is 0 Å². The van der Waals surface area contributed by atoms with Crippen molar-refractivity contribution in [1.29, 1.82) is 0 Å². The molecule has 2 aromatic heterocycles. The van der Waals surface area contributed by atoms with E-state index in [0.29, 0.717) is 5.82 Å². The van der Waals surface area contributed by atoms with Crippen LogP contribution in [0.2, 0.25) is 0 Å². The molecule has 0 aliphatic rings. The molecule has 0 saturated heterocycles. The monoisotopic (exact) mass is 206 g/mol. The molecular weight excluding hydrogens is 196 g/mol. The Balaban J connectivity index is 2.39. The Morgan fingerprint density at radius 1 is 1.43 bits per heavy atom. The number of pyridine rings is 1. The van der Waals surface area contributed by atoms with Crippen LogP contribution in [0.15, 0.2) is 18.3 Å². The Hall–Kier alpha value is -1.49. The normalized spacial score (nSPS) is 10.1. The second-order valence-electron chi connectivity index (χ2n) is 2.89. The molecule has 0 saturated carbocycles. The standard InChI is InChI=1S/C9H10N4S/c1-6-3-4-11-7(5-6)8-12-9(10-2)14-13-8/h3-5H,1-2H3,(H,10,12,13). The van der Waals surface area contributed by atoms with E-state index in [-0.39, 0.29) is 0 Å². The Morgan fingerprint density at radius 3 is 2.93 bits per heavy atom. The van der Waals surface area contributed by atoms with E-state index in [2.05, 4.69) is 19.7 Å². The maximum absolute atomic E-state index is 4.27. The van der Waals surface area contributed by atoms with E-state index in [9.17, 15) is 0 Å². The van der Waals surface area contributed by atoms with Crippen molar-refractivity contribution >= 4 is 16.7 Å². The number of anilines is 1. The second kappa shape index (κ2) is 3.71. The third-order valence-corrected chi connectivity index (χ3v) is 2.52. The van der Waals surface area contributed by atoms with Crippen molar-refractivity contribution in [2.75, 3.05) is 12.4 Å². The van der Waals surface area contributed by atoms with Gasteiger partial charge < -0.3 is 5.32 Å². The predicted molar refractivity (Wildman–Crippen MR) is 57.4 cm³/mol. The fraction of sp³-hybridized carbons (Fsp3) is 0.222. The van der Waals surface area contributed by atoms with Crippen LogP contribution in [0.4, 0.5) is 5.13 Å². The van der Waals surface area contributed by atoms with Gasteiger partial charge in [-0.15, -0.1) is 0 Å². The molecule has 72 valence electrons. The van der Waals surface area contributed by atoms with Gasteiger partial charge >= 0.3 is 0 Å². The summed E-state index contributed by atoms with van der Waals surface area (Å²) in [5.41, 5.74) is 1.98. The zero-order chi connectivity index (χ0) is 9.97. The van der Waals surface area contributed by atoms with Gasteiger partial charge in [0.2, 0.25) is 5.13 Å². The molecule has 14 heavy (non-hydrogen) atoms. The van der Waals surface area contributed by atoms with Gasteiger partial charge in [-0.2, -0.15) is 9.36 Å². The average molecular weight is 206 g/mol. The molecule has 0 radical (unpaired) electrons. The number of nitrogens with one attached hydrogen (secondary N) is 1. The minimum atomic E-state index is 0.683. The molecule has 0 fully saturated rings. The van der Waals surface area contributed by atoms with E-state index in [0.717, 1.165) is 16.4 Å². The van der Waals surface area contributed by atoms with Crippen LogP contribution in [0, 0.1) is 6.92 Å². The van der Waals surface area contributed by atoms with Crippen molar-refractivity contribution in [2.45, 2.75) is 6.92 Å². The number of aryl methyl sites for hydroxylation is 1. The van der Waals surface area contributed by atoms with Crippen LogP contribution in [-0.2, 0) is 0 Å². The van der Waals surface area contributed by atoms with E-state index in [1.165, 1.54) is 11.5 Å². The molecule has 4 nitrogen and oxygen atoms in total. The number of hydrogen-bond acceptors (Lipinski definition) is 5. The lowest BCUT2D eigenvalue weighted by Crippen LogP contribution is -1.88. The molecule has 2 rings (SSSR count). The third kappa shape index (κ3) is 1.72. The zero-order valence-electron chi connectivity index (χ0n) is 7.98. The number of nitrogens with zero attached hydrogens (tertiary/aromatic N) is 3. The van der Waals surface area contributed by atoms with Crippen LogP contribution < -0.4 is 5.32 Å². The summed E-state index contributed by atoms with van der Waals surface area (Å²) in [4.78, 5) is 8.49. The van der Waals surface area contributed by atoms with Crippen molar-refractivity contribution in [3.05, 3.63) is 23.9 Å². The maximum Gasteiger partial charge on any atom is 0.202 e. The molecule has 2 heterocycles. The highest BCUT2D eigenvalue weighted by Crippen LogP contribution is 2.19. The summed E-state index contributed by atoms with van der Waals surface area (Å²) >= 11 is 1.34. The summed E-state index contributed by atoms with van der Waals surface area (Å²) in [6.07, 6.45) is 1.77. The molecule has 1 N–H and O–H groups in total. The summed E-state index contributed by atoms with van der Waals surface area (Å²) in [7, 11) is 1.83. The SMILES string of the molecule is CNc1nc(-c2cc(C)ccn2)ns1. The topological polar surface area (TPSA) is 50.7 Å². The van der Waals surface area contributed by atoms with Crippen LogP contribution in [0.3, 0.4) is 0 Å². The molecule has 5 heteroatoms. The Morgan fingerprint density at radius 2 is 2.29 bits per heavy atom. The first-order chi connectivity index (χ1) is 6.79. The van der Waals surface area contributed by atoms with E-state index in [4.69, 9.17) is 0 Å². The zero-order valence-corrected chi connectivity index (χ0v) is 8.80. The molecule has 0 aromatic carbocycles. The van der Waals surface area contributed by atoms with Crippen molar-refractivity contribution < 1.29 is 0 Å². The molecule has 0 unspecified atom stereocenters. The van der Waals surface area contributed by atoms with Gasteiger partial charge in [-0.1, -0.05) is 0 Å². The number of rotatable bonds is 2. The van der Waals surface area contributed by atoms with Gasteiger partial charge in [-0.05, 0) is 24.6 Å². The summed E-state index contributed by atoms with van der Waals surface area (Å²) < 4.78 is 4.20. The van der Waals surface area contributed by atoms with Gasteiger partial charge in [0.1, 0.15) is 5.69 Å². The first-order valence-electron chi connectivity index (χ1n) is 4.24. The molecule has 0 bridgehead atoms. The predicted octanol–water partition coefficient (Wildman–Crippen LogP) is 1.95. The summed E-state index contributed by atoms with van der Waals surface area (Å²) in [5.74, 6) is 0.683. The van der Waals surface area contributed by atoms with Crippen molar-refractivity contribution in [1.82, 2.24) is 14.3 Å².